The summed E-state index contributed by atoms with van der Waals surface area (Å²) in [6, 6.07) is 1.73. The molecule has 1 aromatic rings. The Balaban J connectivity index is 3.11. The lowest BCUT2D eigenvalue weighted by Gasteiger charge is -2.03. The van der Waals surface area contributed by atoms with E-state index in [2.05, 4.69) is 14.5 Å². The second-order valence-electron chi connectivity index (χ2n) is 3.30. The molecule has 0 atom stereocenters. The average Bonchev–Trinajstić information content (AvgIpc) is 2.35. The van der Waals surface area contributed by atoms with Crippen LogP contribution in [0.1, 0.15) is 21.6 Å². The van der Waals surface area contributed by atoms with E-state index in [1.165, 1.54) is 26.4 Å². The van der Waals surface area contributed by atoms with Crippen LogP contribution in [0, 0.1) is 6.92 Å². The Bertz CT molecular complexity index is 466. The van der Waals surface area contributed by atoms with Crippen molar-refractivity contribution < 1.29 is 19.1 Å². The second kappa shape index (κ2) is 5.79. The molecule has 0 N–H and O–H groups in total. The molecule has 0 amide bonds. The lowest BCUT2D eigenvalue weighted by Crippen LogP contribution is -2.07. The van der Waals surface area contributed by atoms with Crippen molar-refractivity contribution in [3.05, 3.63) is 35.2 Å². The van der Waals surface area contributed by atoms with Gasteiger partial charge in [-0.1, -0.05) is 0 Å². The number of esters is 2. The molecule has 90 valence electrons. The number of aromatic nitrogens is 1. The highest BCUT2D eigenvalue weighted by Gasteiger charge is 2.12. The van der Waals surface area contributed by atoms with Crippen LogP contribution in [0.5, 0.6) is 0 Å². The zero-order valence-corrected chi connectivity index (χ0v) is 9.89. The third kappa shape index (κ3) is 3.41. The van der Waals surface area contributed by atoms with Crippen LogP contribution in [0.25, 0.3) is 6.08 Å². The minimum absolute atomic E-state index is 0.165. The molecule has 0 aromatic carbocycles. The number of hydrogen-bond donors (Lipinski definition) is 0. The van der Waals surface area contributed by atoms with Gasteiger partial charge in [0, 0.05) is 17.8 Å². The van der Waals surface area contributed by atoms with E-state index in [1.807, 2.05) is 6.92 Å². The van der Waals surface area contributed by atoms with E-state index in [4.69, 9.17) is 0 Å². The van der Waals surface area contributed by atoms with Crippen LogP contribution in [-0.4, -0.2) is 31.1 Å². The van der Waals surface area contributed by atoms with Crippen LogP contribution in [0.3, 0.4) is 0 Å². The Hall–Kier alpha value is -2.17. The number of carbonyl (C=O) groups excluding carboxylic acids is 2. The second-order valence-corrected chi connectivity index (χ2v) is 3.30. The lowest BCUT2D eigenvalue weighted by atomic mass is 10.1. The van der Waals surface area contributed by atoms with Gasteiger partial charge in [0.15, 0.2) is 5.69 Å². The molecule has 0 radical (unpaired) electrons. The van der Waals surface area contributed by atoms with Crippen molar-refractivity contribution in [3.63, 3.8) is 0 Å². The standard InChI is InChI=1S/C12H13NO4/c1-8-6-9(4-5-10(14)16-2)11(13-7-8)12(15)17-3/h4-7H,1-3H3. The Morgan fingerprint density at radius 2 is 2.00 bits per heavy atom. The fourth-order valence-electron chi connectivity index (χ4n) is 1.21. The van der Waals surface area contributed by atoms with Gasteiger partial charge in [-0.05, 0) is 24.6 Å². The van der Waals surface area contributed by atoms with E-state index in [-0.39, 0.29) is 5.69 Å². The monoisotopic (exact) mass is 235 g/mol. The predicted molar refractivity (Wildman–Crippen MR) is 61.4 cm³/mol. The zero-order chi connectivity index (χ0) is 12.8. The van der Waals surface area contributed by atoms with Gasteiger partial charge in [-0.3, -0.25) is 0 Å². The number of ether oxygens (including phenoxy) is 2. The van der Waals surface area contributed by atoms with Crippen molar-refractivity contribution in [2.45, 2.75) is 6.92 Å². The first-order valence-corrected chi connectivity index (χ1v) is 4.89. The van der Waals surface area contributed by atoms with Gasteiger partial charge < -0.3 is 9.47 Å². The van der Waals surface area contributed by atoms with Gasteiger partial charge in [-0.25, -0.2) is 14.6 Å². The normalized spacial score (nSPS) is 10.3. The van der Waals surface area contributed by atoms with Gasteiger partial charge >= 0.3 is 11.9 Å². The van der Waals surface area contributed by atoms with Gasteiger partial charge in [0.05, 0.1) is 14.2 Å². The number of nitrogens with zero attached hydrogens (tertiary/aromatic N) is 1. The summed E-state index contributed by atoms with van der Waals surface area (Å²) in [5, 5.41) is 0. The van der Waals surface area contributed by atoms with E-state index >= 15 is 0 Å². The van der Waals surface area contributed by atoms with Crippen molar-refractivity contribution in [2.75, 3.05) is 14.2 Å². The van der Waals surface area contributed by atoms with Crippen molar-refractivity contribution in [1.29, 1.82) is 0 Å². The van der Waals surface area contributed by atoms with Crippen LogP contribution < -0.4 is 0 Å². The molecule has 0 saturated heterocycles. The summed E-state index contributed by atoms with van der Waals surface area (Å²) < 4.78 is 9.06. The Morgan fingerprint density at radius 3 is 2.59 bits per heavy atom. The van der Waals surface area contributed by atoms with Gasteiger partial charge in [-0.2, -0.15) is 0 Å². The summed E-state index contributed by atoms with van der Waals surface area (Å²) in [4.78, 5) is 26.4. The van der Waals surface area contributed by atoms with Crippen LogP contribution in [0.4, 0.5) is 0 Å². The minimum Gasteiger partial charge on any atom is -0.466 e. The first-order chi connectivity index (χ1) is 8.08. The van der Waals surface area contributed by atoms with Crippen molar-refractivity contribution in [3.8, 4) is 0 Å². The third-order valence-corrected chi connectivity index (χ3v) is 2.03. The average molecular weight is 235 g/mol. The van der Waals surface area contributed by atoms with Gasteiger partial charge in [-0.15, -0.1) is 0 Å². The molecule has 0 saturated carbocycles. The first kappa shape index (κ1) is 12.9. The fourth-order valence-corrected chi connectivity index (χ4v) is 1.21. The van der Waals surface area contributed by atoms with E-state index < -0.39 is 11.9 Å². The van der Waals surface area contributed by atoms with Crippen LogP contribution >= 0.6 is 0 Å². The molecule has 0 fully saturated rings. The molecule has 0 unspecified atom stereocenters. The zero-order valence-electron chi connectivity index (χ0n) is 9.89. The number of pyridine rings is 1. The SMILES string of the molecule is COC(=O)C=Cc1cc(C)cnc1C(=O)OC. The molecule has 5 heteroatoms. The summed E-state index contributed by atoms with van der Waals surface area (Å²) in [5.74, 6) is -1.04. The quantitative estimate of drug-likeness (QED) is 0.584. The largest absolute Gasteiger partial charge is 0.466 e. The Labute approximate surface area is 99.1 Å². The molecular formula is C12H13NO4. The minimum atomic E-state index is -0.547. The molecule has 0 spiro atoms. The van der Waals surface area contributed by atoms with Gasteiger partial charge in [0.25, 0.3) is 0 Å². The van der Waals surface area contributed by atoms with Crippen LogP contribution in [0.15, 0.2) is 18.3 Å². The molecule has 0 aliphatic carbocycles. The maximum atomic E-state index is 11.4. The molecule has 5 nitrogen and oxygen atoms in total. The third-order valence-electron chi connectivity index (χ3n) is 2.03. The molecule has 0 bridgehead atoms. The number of carbonyl (C=O) groups is 2. The van der Waals surface area contributed by atoms with Gasteiger partial charge in [0.2, 0.25) is 0 Å². The Morgan fingerprint density at radius 1 is 1.29 bits per heavy atom. The molecule has 0 aliphatic rings. The molecule has 17 heavy (non-hydrogen) atoms. The van der Waals surface area contributed by atoms with Crippen molar-refractivity contribution >= 4 is 18.0 Å². The van der Waals surface area contributed by atoms with Gasteiger partial charge in [0.1, 0.15) is 0 Å². The number of methoxy groups -OCH3 is 2. The summed E-state index contributed by atoms with van der Waals surface area (Å²) in [5.41, 5.74) is 1.56. The fraction of sp³-hybridized carbons (Fsp3) is 0.250. The molecular weight excluding hydrogens is 222 g/mol. The van der Waals surface area contributed by atoms with Crippen LogP contribution in [-0.2, 0) is 14.3 Å². The summed E-state index contributed by atoms with van der Waals surface area (Å²) in [6.45, 7) is 1.84. The summed E-state index contributed by atoms with van der Waals surface area (Å²) in [6.07, 6.45) is 4.25. The number of hydrogen-bond acceptors (Lipinski definition) is 5. The van der Waals surface area contributed by atoms with E-state index in [1.54, 1.807) is 12.3 Å². The van der Waals surface area contributed by atoms with E-state index in [9.17, 15) is 9.59 Å². The summed E-state index contributed by atoms with van der Waals surface area (Å²) >= 11 is 0. The maximum Gasteiger partial charge on any atom is 0.357 e. The van der Waals surface area contributed by atoms with E-state index in [0.717, 1.165) is 5.56 Å². The van der Waals surface area contributed by atoms with E-state index in [0.29, 0.717) is 5.56 Å². The molecule has 1 rings (SSSR count). The smallest absolute Gasteiger partial charge is 0.357 e. The maximum absolute atomic E-state index is 11.4. The molecule has 1 heterocycles. The predicted octanol–water partition coefficient (Wildman–Crippen LogP) is 1.36. The highest BCUT2D eigenvalue weighted by Crippen LogP contribution is 2.11. The lowest BCUT2D eigenvalue weighted by molar-refractivity contribution is -0.134. The highest BCUT2D eigenvalue weighted by atomic mass is 16.5. The number of aryl methyl sites for hydroxylation is 1. The Kier molecular flexibility index (Phi) is 4.39. The van der Waals surface area contributed by atoms with Crippen molar-refractivity contribution in [2.24, 2.45) is 0 Å². The number of rotatable bonds is 3. The molecule has 1 aromatic heterocycles. The first-order valence-electron chi connectivity index (χ1n) is 4.89. The summed E-state index contributed by atoms with van der Waals surface area (Å²) in [7, 11) is 2.56. The topological polar surface area (TPSA) is 65.5 Å². The molecule has 0 aliphatic heterocycles. The van der Waals surface area contributed by atoms with Crippen molar-refractivity contribution in [1.82, 2.24) is 4.98 Å². The van der Waals surface area contributed by atoms with Crippen LogP contribution in [0.2, 0.25) is 0 Å². The highest BCUT2D eigenvalue weighted by molar-refractivity contribution is 5.94.